The molecule has 0 aliphatic carbocycles. The molecule has 0 aliphatic heterocycles. The van der Waals surface area contributed by atoms with Crippen molar-refractivity contribution < 1.29 is 9.21 Å². The summed E-state index contributed by atoms with van der Waals surface area (Å²) < 4.78 is 5.39. The van der Waals surface area contributed by atoms with Crippen LogP contribution in [-0.2, 0) is 11.3 Å². The number of aryl methyl sites for hydroxylation is 1. The fourth-order valence-corrected chi connectivity index (χ4v) is 1.76. The Labute approximate surface area is 105 Å². The average Bonchev–Trinajstić information content (AvgIpc) is 2.64. The molecule has 1 amide bonds. The van der Waals surface area contributed by atoms with Crippen LogP contribution in [0.3, 0.4) is 0 Å². The van der Waals surface area contributed by atoms with Crippen molar-refractivity contribution >= 4 is 17.0 Å². The largest absolute Gasteiger partial charge is 0.441 e. The third kappa shape index (κ3) is 3.07. The van der Waals surface area contributed by atoms with Crippen LogP contribution in [0.15, 0.2) is 22.6 Å². The number of benzene rings is 1. The lowest BCUT2D eigenvalue weighted by Crippen LogP contribution is -2.29. The second-order valence-corrected chi connectivity index (χ2v) is 4.49. The smallest absolute Gasteiger partial charge is 0.221 e. The van der Waals surface area contributed by atoms with E-state index in [0.717, 1.165) is 16.7 Å². The van der Waals surface area contributed by atoms with Crippen molar-refractivity contribution in [1.82, 2.24) is 10.3 Å². The highest BCUT2D eigenvalue weighted by Gasteiger charge is 2.06. The first-order chi connectivity index (χ1) is 8.54. The lowest BCUT2D eigenvalue weighted by Gasteiger charge is -2.07. The third-order valence-corrected chi connectivity index (χ3v) is 2.56. The van der Waals surface area contributed by atoms with Gasteiger partial charge in [0.15, 0.2) is 11.5 Å². The normalized spacial score (nSPS) is 12.6. The summed E-state index contributed by atoms with van der Waals surface area (Å²) in [6.45, 7) is 4.10. The quantitative estimate of drug-likeness (QED) is 0.857. The van der Waals surface area contributed by atoms with E-state index in [0.29, 0.717) is 18.9 Å². The van der Waals surface area contributed by atoms with E-state index < -0.39 is 0 Å². The number of nitrogens with zero attached hydrogens (tertiary/aromatic N) is 1. The summed E-state index contributed by atoms with van der Waals surface area (Å²) in [5, 5.41) is 2.82. The van der Waals surface area contributed by atoms with Gasteiger partial charge in [0.05, 0.1) is 0 Å². The summed E-state index contributed by atoms with van der Waals surface area (Å²) in [5.41, 5.74) is 8.12. The van der Waals surface area contributed by atoms with Gasteiger partial charge in [0.25, 0.3) is 0 Å². The number of hydrogen-bond donors (Lipinski definition) is 2. The van der Waals surface area contributed by atoms with Crippen LogP contribution in [0.1, 0.15) is 24.8 Å². The molecule has 1 aromatic carbocycles. The Balaban J connectivity index is 2.01. The second-order valence-electron chi connectivity index (χ2n) is 4.49. The van der Waals surface area contributed by atoms with Crippen LogP contribution in [0, 0.1) is 6.92 Å². The van der Waals surface area contributed by atoms with Gasteiger partial charge in [0, 0.05) is 25.9 Å². The Morgan fingerprint density at radius 3 is 3.06 bits per heavy atom. The molecule has 1 atom stereocenters. The molecule has 1 heterocycles. The first kappa shape index (κ1) is 12.6. The fourth-order valence-electron chi connectivity index (χ4n) is 1.76. The Bertz CT molecular complexity index is 560. The van der Waals surface area contributed by atoms with Crippen molar-refractivity contribution in [3.63, 3.8) is 0 Å². The van der Waals surface area contributed by atoms with E-state index in [9.17, 15) is 4.79 Å². The predicted molar refractivity (Wildman–Crippen MR) is 68.9 cm³/mol. The summed E-state index contributed by atoms with van der Waals surface area (Å²) in [6, 6.07) is 5.57. The van der Waals surface area contributed by atoms with E-state index in [2.05, 4.69) is 10.3 Å². The number of aromatic nitrogens is 1. The number of oxazole rings is 1. The van der Waals surface area contributed by atoms with Crippen LogP contribution in [-0.4, -0.2) is 16.9 Å². The minimum Gasteiger partial charge on any atom is -0.441 e. The minimum atomic E-state index is -0.120. The molecule has 0 radical (unpaired) electrons. The van der Waals surface area contributed by atoms with E-state index in [-0.39, 0.29) is 11.9 Å². The molecule has 3 N–H and O–H groups in total. The zero-order valence-corrected chi connectivity index (χ0v) is 10.6. The summed E-state index contributed by atoms with van der Waals surface area (Å²) in [5.74, 6) is 0.601. The average molecular weight is 247 g/mol. The van der Waals surface area contributed by atoms with Crippen molar-refractivity contribution in [3.8, 4) is 0 Å². The van der Waals surface area contributed by atoms with E-state index in [1.807, 2.05) is 32.0 Å². The molecule has 2 rings (SSSR count). The van der Waals surface area contributed by atoms with E-state index in [1.54, 1.807) is 0 Å². The van der Waals surface area contributed by atoms with Crippen LogP contribution in [0.4, 0.5) is 0 Å². The highest BCUT2D eigenvalue weighted by molar-refractivity contribution is 5.77. The maximum atomic E-state index is 11.5. The molecule has 0 fully saturated rings. The molecule has 5 heteroatoms. The van der Waals surface area contributed by atoms with Crippen LogP contribution in [0.5, 0.6) is 0 Å². The molecule has 18 heavy (non-hydrogen) atoms. The number of nitrogens with two attached hydrogens (primary N) is 1. The van der Waals surface area contributed by atoms with Crippen LogP contribution in [0.2, 0.25) is 0 Å². The van der Waals surface area contributed by atoms with Crippen molar-refractivity contribution in [2.75, 3.05) is 0 Å². The molecule has 1 aromatic heterocycles. The monoisotopic (exact) mass is 247 g/mol. The maximum absolute atomic E-state index is 11.5. The van der Waals surface area contributed by atoms with Gasteiger partial charge in [-0.1, -0.05) is 6.07 Å². The molecule has 96 valence electrons. The Hall–Kier alpha value is -1.88. The number of carbonyl (C=O) groups is 1. The molecule has 0 spiro atoms. The molecule has 0 saturated heterocycles. The van der Waals surface area contributed by atoms with E-state index in [4.69, 9.17) is 10.2 Å². The number of carbonyl (C=O) groups excluding carboxylic acids is 1. The van der Waals surface area contributed by atoms with Gasteiger partial charge in [-0.3, -0.25) is 4.79 Å². The number of hydrogen-bond acceptors (Lipinski definition) is 4. The van der Waals surface area contributed by atoms with Crippen molar-refractivity contribution in [2.24, 2.45) is 5.73 Å². The van der Waals surface area contributed by atoms with Gasteiger partial charge in [-0.15, -0.1) is 0 Å². The van der Waals surface area contributed by atoms with Crippen molar-refractivity contribution in [3.05, 3.63) is 29.7 Å². The third-order valence-electron chi connectivity index (χ3n) is 2.56. The molecule has 2 aromatic rings. The second kappa shape index (κ2) is 5.18. The Morgan fingerprint density at radius 1 is 1.56 bits per heavy atom. The SMILES string of the molecule is Cc1nc2cc(CNC(=O)CC(C)N)ccc2o1. The van der Waals surface area contributed by atoms with Crippen molar-refractivity contribution in [2.45, 2.75) is 32.9 Å². The van der Waals surface area contributed by atoms with Gasteiger partial charge in [0.1, 0.15) is 5.52 Å². The maximum Gasteiger partial charge on any atom is 0.221 e. The van der Waals surface area contributed by atoms with Crippen LogP contribution < -0.4 is 11.1 Å². The summed E-state index contributed by atoms with van der Waals surface area (Å²) >= 11 is 0. The van der Waals surface area contributed by atoms with Gasteiger partial charge in [-0.05, 0) is 24.6 Å². The Morgan fingerprint density at radius 2 is 2.33 bits per heavy atom. The molecule has 5 nitrogen and oxygen atoms in total. The zero-order chi connectivity index (χ0) is 13.1. The van der Waals surface area contributed by atoms with Crippen LogP contribution >= 0.6 is 0 Å². The van der Waals surface area contributed by atoms with Crippen LogP contribution in [0.25, 0.3) is 11.1 Å². The highest BCUT2D eigenvalue weighted by atomic mass is 16.3. The minimum absolute atomic E-state index is 0.0403. The summed E-state index contributed by atoms with van der Waals surface area (Å²) in [6.07, 6.45) is 0.339. The predicted octanol–water partition coefficient (Wildman–Crippen LogP) is 1.49. The first-order valence-electron chi connectivity index (χ1n) is 5.93. The number of amides is 1. The van der Waals surface area contributed by atoms with E-state index in [1.165, 1.54) is 0 Å². The van der Waals surface area contributed by atoms with Crippen molar-refractivity contribution in [1.29, 1.82) is 0 Å². The fraction of sp³-hybridized carbons (Fsp3) is 0.385. The van der Waals surface area contributed by atoms with Gasteiger partial charge in [-0.2, -0.15) is 0 Å². The molecular weight excluding hydrogens is 230 g/mol. The summed E-state index contributed by atoms with van der Waals surface area (Å²) in [4.78, 5) is 15.7. The lowest BCUT2D eigenvalue weighted by molar-refractivity contribution is -0.121. The standard InChI is InChI=1S/C13H17N3O2/c1-8(14)5-13(17)15-7-10-3-4-12-11(6-10)16-9(2)18-12/h3-4,6,8H,5,7,14H2,1-2H3,(H,15,17). The number of nitrogens with one attached hydrogen (secondary N) is 1. The number of fused-ring (bicyclic) bond motifs is 1. The first-order valence-corrected chi connectivity index (χ1v) is 5.93. The van der Waals surface area contributed by atoms with Gasteiger partial charge in [0.2, 0.25) is 5.91 Å². The number of rotatable bonds is 4. The lowest BCUT2D eigenvalue weighted by atomic mass is 10.2. The highest BCUT2D eigenvalue weighted by Crippen LogP contribution is 2.16. The molecule has 1 unspecified atom stereocenters. The Kier molecular flexibility index (Phi) is 3.62. The molecule has 0 saturated carbocycles. The van der Waals surface area contributed by atoms with Gasteiger partial charge in [-0.25, -0.2) is 4.98 Å². The zero-order valence-electron chi connectivity index (χ0n) is 10.6. The molecular formula is C13H17N3O2. The van der Waals surface area contributed by atoms with Gasteiger partial charge < -0.3 is 15.5 Å². The molecule has 0 aliphatic rings. The molecule has 0 bridgehead atoms. The summed E-state index contributed by atoms with van der Waals surface area (Å²) in [7, 11) is 0. The topological polar surface area (TPSA) is 81.2 Å². The van der Waals surface area contributed by atoms with E-state index >= 15 is 0 Å². The van der Waals surface area contributed by atoms with Gasteiger partial charge >= 0.3 is 0 Å².